The molecule has 1 amide bonds. The molecule has 3 heterocycles. The molecule has 2 aromatic heterocycles. The number of carbonyl (C=O) groups is 1. The van der Waals surface area contributed by atoms with Gasteiger partial charge in [0, 0.05) is 57.1 Å². The number of hydrogen-bond acceptors (Lipinski definition) is 4. The smallest absolute Gasteiger partial charge is 0.225 e. The zero-order valence-electron chi connectivity index (χ0n) is 12.7. The van der Waals surface area contributed by atoms with E-state index >= 15 is 0 Å². The van der Waals surface area contributed by atoms with Gasteiger partial charge in [-0.1, -0.05) is 6.07 Å². The van der Waals surface area contributed by atoms with E-state index in [4.69, 9.17) is 0 Å². The van der Waals surface area contributed by atoms with Crippen molar-refractivity contribution in [1.82, 2.24) is 25.4 Å². The maximum absolute atomic E-state index is 12.4. The Kier molecular flexibility index (Phi) is 4.48. The number of nitrogens with one attached hydrogen (secondary N) is 2. The fourth-order valence-electron chi connectivity index (χ4n) is 2.93. The number of aromatic nitrogens is 3. The summed E-state index contributed by atoms with van der Waals surface area (Å²) in [5.74, 6) is 0.270. The van der Waals surface area contributed by atoms with Gasteiger partial charge >= 0.3 is 0 Å². The third-order valence-corrected chi connectivity index (χ3v) is 4.11. The van der Waals surface area contributed by atoms with E-state index in [1.54, 1.807) is 10.9 Å². The summed E-state index contributed by atoms with van der Waals surface area (Å²) in [7, 11) is 1.90. The van der Waals surface area contributed by atoms with Gasteiger partial charge in [0.25, 0.3) is 0 Å². The monoisotopic (exact) mass is 299 g/mol. The molecule has 6 heteroatoms. The fraction of sp³-hybridized carbons (Fsp3) is 0.438. The molecule has 2 aromatic rings. The van der Waals surface area contributed by atoms with Crippen LogP contribution < -0.4 is 10.6 Å². The van der Waals surface area contributed by atoms with Gasteiger partial charge in [-0.2, -0.15) is 5.10 Å². The van der Waals surface area contributed by atoms with E-state index in [-0.39, 0.29) is 17.7 Å². The Balaban J connectivity index is 1.55. The van der Waals surface area contributed by atoms with Crippen molar-refractivity contribution in [1.29, 1.82) is 0 Å². The van der Waals surface area contributed by atoms with Crippen LogP contribution in [-0.4, -0.2) is 40.3 Å². The van der Waals surface area contributed by atoms with Gasteiger partial charge in [-0.25, -0.2) is 0 Å². The number of carbonyl (C=O) groups excluding carboxylic acids is 1. The highest BCUT2D eigenvalue weighted by molar-refractivity contribution is 5.80. The van der Waals surface area contributed by atoms with Crippen LogP contribution in [0.25, 0.3) is 0 Å². The van der Waals surface area contributed by atoms with Crippen molar-refractivity contribution in [3.05, 3.63) is 48.0 Å². The lowest BCUT2D eigenvalue weighted by atomic mass is 9.90. The summed E-state index contributed by atoms with van der Waals surface area (Å²) in [6.07, 6.45) is 6.37. The van der Waals surface area contributed by atoms with Crippen molar-refractivity contribution in [2.45, 2.75) is 12.3 Å². The van der Waals surface area contributed by atoms with Crippen LogP contribution in [0.15, 0.2) is 36.8 Å². The molecule has 0 aliphatic carbocycles. The minimum Gasteiger partial charge on any atom is -0.355 e. The first-order chi connectivity index (χ1) is 10.7. The van der Waals surface area contributed by atoms with Crippen molar-refractivity contribution in [2.24, 2.45) is 13.0 Å². The molecule has 0 bridgehead atoms. The van der Waals surface area contributed by atoms with Crippen molar-refractivity contribution in [3.63, 3.8) is 0 Å². The van der Waals surface area contributed by atoms with E-state index < -0.39 is 0 Å². The Morgan fingerprint density at radius 1 is 1.45 bits per heavy atom. The molecule has 116 valence electrons. The molecular weight excluding hydrogens is 278 g/mol. The van der Waals surface area contributed by atoms with Crippen molar-refractivity contribution < 1.29 is 4.79 Å². The molecular formula is C16H21N5O. The van der Waals surface area contributed by atoms with Crippen LogP contribution in [0.1, 0.15) is 17.2 Å². The normalized spacial score (nSPS) is 21.0. The Bertz CT molecular complexity index is 624. The summed E-state index contributed by atoms with van der Waals surface area (Å²) in [6, 6.07) is 5.83. The molecule has 1 saturated heterocycles. The fourth-order valence-corrected chi connectivity index (χ4v) is 2.93. The standard InChI is InChI=1S/C16H21N5O/c1-21-11-12(8-20-21)14-9-17-10-15(14)16(22)19-7-5-13-4-2-3-6-18-13/h2-4,6,8,11,14-15,17H,5,7,9-10H2,1H3,(H,19,22)/t14-,15+/m1/s1. The van der Waals surface area contributed by atoms with Gasteiger partial charge in [-0.15, -0.1) is 0 Å². The second kappa shape index (κ2) is 6.70. The molecule has 22 heavy (non-hydrogen) atoms. The molecule has 2 N–H and O–H groups in total. The number of amides is 1. The second-order valence-corrected chi connectivity index (χ2v) is 5.68. The Hall–Kier alpha value is -2.21. The molecule has 1 fully saturated rings. The van der Waals surface area contributed by atoms with Crippen LogP contribution in [0.4, 0.5) is 0 Å². The van der Waals surface area contributed by atoms with Crippen molar-refractivity contribution >= 4 is 5.91 Å². The average Bonchev–Trinajstić information content (AvgIpc) is 3.16. The van der Waals surface area contributed by atoms with Crippen LogP contribution >= 0.6 is 0 Å². The minimum atomic E-state index is -0.0343. The molecule has 0 saturated carbocycles. The Morgan fingerprint density at radius 2 is 2.36 bits per heavy atom. The lowest BCUT2D eigenvalue weighted by Gasteiger charge is -2.16. The Morgan fingerprint density at radius 3 is 3.09 bits per heavy atom. The first-order valence-electron chi connectivity index (χ1n) is 7.61. The second-order valence-electron chi connectivity index (χ2n) is 5.68. The van der Waals surface area contributed by atoms with Gasteiger partial charge in [-0.05, 0) is 17.7 Å². The first kappa shape index (κ1) is 14.7. The van der Waals surface area contributed by atoms with Gasteiger partial charge in [0.2, 0.25) is 5.91 Å². The predicted molar refractivity (Wildman–Crippen MR) is 83.3 cm³/mol. The molecule has 1 aliphatic heterocycles. The predicted octanol–water partition coefficient (Wildman–Crippen LogP) is 0.477. The zero-order chi connectivity index (χ0) is 15.4. The molecule has 2 atom stereocenters. The molecule has 6 nitrogen and oxygen atoms in total. The van der Waals surface area contributed by atoms with Crippen LogP contribution in [0, 0.1) is 5.92 Å². The van der Waals surface area contributed by atoms with Crippen molar-refractivity contribution in [3.8, 4) is 0 Å². The quantitative estimate of drug-likeness (QED) is 0.842. The lowest BCUT2D eigenvalue weighted by molar-refractivity contribution is -0.124. The van der Waals surface area contributed by atoms with Gasteiger partial charge in [0.1, 0.15) is 0 Å². The lowest BCUT2D eigenvalue weighted by Crippen LogP contribution is -2.35. The van der Waals surface area contributed by atoms with E-state index in [1.165, 1.54) is 0 Å². The Labute approximate surface area is 129 Å². The van der Waals surface area contributed by atoms with E-state index in [9.17, 15) is 4.79 Å². The highest BCUT2D eigenvalue weighted by atomic mass is 16.1. The number of hydrogen-bond donors (Lipinski definition) is 2. The number of nitrogens with zero attached hydrogens (tertiary/aromatic N) is 3. The van der Waals surface area contributed by atoms with Crippen LogP contribution in [0.3, 0.4) is 0 Å². The van der Waals surface area contributed by atoms with Crippen LogP contribution in [-0.2, 0) is 18.3 Å². The first-order valence-corrected chi connectivity index (χ1v) is 7.61. The molecule has 0 unspecified atom stereocenters. The topological polar surface area (TPSA) is 71.8 Å². The van der Waals surface area contributed by atoms with E-state index in [0.29, 0.717) is 6.54 Å². The molecule has 1 aliphatic rings. The molecule has 0 spiro atoms. The highest BCUT2D eigenvalue weighted by Crippen LogP contribution is 2.27. The van der Waals surface area contributed by atoms with E-state index in [0.717, 1.165) is 30.8 Å². The number of aryl methyl sites for hydroxylation is 1. The SMILES string of the molecule is Cn1cc([C@H]2CNC[C@@H]2C(=O)NCCc2ccccn2)cn1. The number of rotatable bonds is 5. The summed E-state index contributed by atoms with van der Waals surface area (Å²) in [5, 5.41) is 10.5. The summed E-state index contributed by atoms with van der Waals surface area (Å²) in [6.45, 7) is 2.16. The van der Waals surface area contributed by atoms with E-state index in [2.05, 4.69) is 20.7 Å². The van der Waals surface area contributed by atoms with Crippen LogP contribution in [0.2, 0.25) is 0 Å². The maximum atomic E-state index is 12.4. The van der Waals surface area contributed by atoms with E-state index in [1.807, 2.05) is 37.6 Å². The highest BCUT2D eigenvalue weighted by Gasteiger charge is 2.34. The minimum absolute atomic E-state index is 0.0343. The summed E-state index contributed by atoms with van der Waals surface area (Å²) >= 11 is 0. The largest absolute Gasteiger partial charge is 0.355 e. The van der Waals surface area contributed by atoms with Gasteiger partial charge < -0.3 is 10.6 Å². The molecule has 0 radical (unpaired) electrons. The summed E-state index contributed by atoms with van der Waals surface area (Å²) < 4.78 is 1.78. The maximum Gasteiger partial charge on any atom is 0.225 e. The van der Waals surface area contributed by atoms with Gasteiger partial charge in [-0.3, -0.25) is 14.5 Å². The third kappa shape index (κ3) is 3.33. The third-order valence-electron chi connectivity index (χ3n) is 4.11. The summed E-state index contributed by atoms with van der Waals surface area (Å²) in [5.41, 5.74) is 2.12. The van der Waals surface area contributed by atoms with Gasteiger partial charge in [0.05, 0.1) is 12.1 Å². The van der Waals surface area contributed by atoms with Crippen LogP contribution in [0.5, 0.6) is 0 Å². The zero-order valence-corrected chi connectivity index (χ0v) is 12.7. The molecule has 3 rings (SSSR count). The van der Waals surface area contributed by atoms with Gasteiger partial charge in [0.15, 0.2) is 0 Å². The number of pyridine rings is 1. The summed E-state index contributed by atoms with van der Waals surface area (Å²) in [4.78, 5) is 16.7. The molecule has 0 aromatic carbocycles. The average molecular weight is 299 g/mol. The van der Waals surface area contributed by atoms with Crippen molar-refractivity contribution in [2.75, 3.05) is 19.6 Å².